The first-order valence-electron chi connectivity index (χ1n) is 7.58. The van der Waals surface area contributed by atoms with Gasteiger partial charge in [-0.2, -0.15) is 0 Å². The van der Waals surface area contributed by atoms with E-state index in [9.17, 15) is 9.50 Å². The summed E-state index contributed by atoms with van der Waals surface area (Å²) >= 11 is 0. The molecule has 1 aliphatic rings. The minimum atomic E-state index is -0.107. The fourth-order valence-corrected chi connectivity index (χ4v) is 3.65. The Morgan fingerprint density at radius 1 is 1.40 bits per heavy atom. The minimum Gasteiger partial charge on any atom is -0.395 e. The molecule has 1 aliphatic heterocycles. The molecule has 1 fully saturated rings. The lowest BCUT2D eigenvalue weighted by Crippen LogP contribution is -2.43. The second-order valence-corrected chi connectivity index (χ2v) is 6.15. The number of likely N-dealkylation sites (tertiary alicyclic amines) is 1. The Bertz CT molecular complexity index is 452. The van der Waals surface area contributed by atoms with Crippen LogP contribution in [0.2, 0.25) is 0 Å². The Labute approximate surface area is 123 Å². The molecule has 0 bridgehead atoms. The number of halogens is 1. The van der Waals surface area contributed by atoms with E-state index in [-0.39, 0.29) is 18.5 Å². The number of piperidine rings is 1. The maximum Gasteiger partial charge on any atom is 0.127 e. The summed E-state index contributed by atoms with van der Waals surface area (Å²) in [6, 6.07) is 3.72. The Morgan fingerprint density at radius 3 is 2.90 bits per heavy atom. The van der Waals surface area contributed by atoms with Gasteiger partial charge in [-0.15, -0.1) is 9.24 Å². The number of aliphatic hydroxyl groups excluding tert-OH is 1. The van der Waals surface area contributed by atoms with Gasteiger partial charge in [0.25, 0.3) is 0 Å². The normalized spacial score (nSPS) is 20.3. The third-order valence-electron chi connectivity index (χ3n) is 4.38. The van der Waals surface area contributed by atoms with Crippen LogP contribution < -0.4 is 5.30 Å². The number of aliphatic hydroxyl groups is 1. The largest absolute Gasteiger partial charge is 0.395 e. The molecule has 1 saturated heterocycles. The average Bonchev–Trinajstić information content (AvgIpc) is 2.47. The van der Waals surface area contributed by atoms with Gasteiger partial charge in [-0.25, -0.2) is 4.39 Å². The molecule has 0 radical (unpaired) electrons. The van der Waals surface area contributed by atoms with E-state index in [0.717, 1.165) is 43.2 Å². The van der Waals surface area contributed by atoms with Crippen LogP contribution in [-0.2, 0) is 12.8 Å². The molecular weight excluding hydrogens is 272 g/mol. The molecule has 1 aromatic carbocycles. The van der Waals surface area contributed by atoms with Crippen LogP contribution in [0.15, 0.2) is 12.1 Å². The number of hydrogen-bond acceptors (Lipinski definition) is 2. The van der Waals surface area contributed by atoms with Crippen LogP contribution in [0, 0.1) is 5.82 Å². The van der Waals surface area contributed by atoms with Gasteiger partial charge in [-0.3, -0.25) is 4.90 Å². The van der Waals surface area contributed by atoms with Crippen LogP contribution in [-0.4, -0.2) is 35.7 Å². The van der Waals surface area contributed by atoms with Gasteiger partial charge >= 0.3 is 0 Å². The smallest absolute Gasteiger partial charge is 0.127 e. The predicted molar refractivity (Wildman–Crippen MR) is 85.1 cm³/mol. The Morgan fingerprint density at radius 2 is 2.20 bits per heavy atom. The third-order valence-corrected chi connectivity index (χ3v) is 5.10. The molecule has 1 aromatic rings. The molecule has 1 heterocycles. The topological polar surface area (TPSA) is 23.5 Å². The van der Waals surface area contributed by atoms with E-state index in [1.54, 1.807) is 6.07 Å². The molecule has 2 atom stereocenters. The van der Waals surface area contributed by atoms with Crippen molar-refractivity contribution in [1.29, 1.82) is 0 Å². The van der Waals surface area contributed by atoms with Crippen molar-refractivity contribution in [2.75, 3.05) is 19.7 Å². The highest BCUT2D eigenvalue weighted by Gasteiger charge is 2.22. The van der Waals surface area contributed by atoms with Crippen LogP contribution in [0.25, 0.3) is 0 Å². The molecule has 0 saturated carbocycles. The van der Waals surface area contributed by atoms with Gasteiger partial charge in [0, 0.05) is 12.6 Å². The predicted octanol–water partition coefficient (Wildman–Crippen LogP) is 2.28. The monoisotopic (exact) mass is 297 g/mol. The fourth-order valence-electron chi connectivity index (χ4n) is 3.07. The number of benzene rings is 1. The molecule has 0 spiro atoms. The molecule has 112 valence electrons. The first-order chi connectivity index (χ1) is 9.67. The van der Waals surface area contributed by atoms with E-state index < -0.39 is 0 Å². The minimum absolute atomic E-state index is 0.107. The van der Waals surface area contributed by atoms with Crippen molar-refractivity contribution in [1.82, 2.24) is 4.90 Å². The SMILES string of the molecule is CCc1ccc(F)c(CCN2CCCC[C@H]2CO)c1P. The standard InChI is InChI=1S/C16H25FNOP/c1-2-12-6-7-15(17)14(16(12)20)8-10-18-9-4-3-5-13(18)11-19/h6-7,13,19H,2-5,8-11,20H2,1H3/t13-/m0/s1. The fraction of sp³-hybridized carbons (Fsp3) is 0.625. The van der Waals surface area contributed by atoms with Crippen molar-refractivity contribution >= 4 is 14.5 Å². The Hall–Kier alpha value is -0.500. The number of nitrogens with zero attached hydrogens (tertiary/aromatic N) is 1. The second-order valence-electron chi connectivity index (χ2n) is 5.57. The van der Waals surface area contributed by atoms with Gasteiger partial charge in [-0.1, -0.05) is 19.4 Å². The first kappa shape index (κ1) is 15.9. The van der Waals surface area contributed by atoms with Gasteiger partial charge < -0.3 is 5.11 Å². The maximum absolute atomic E-state index is 14.0. The molecule has 0 amide bonds. The summed E-state index contributed by atoms with van der Waals surface area (Å²) in [5.74, 6) is -0.107. The zero-order chi connectivity index (χ0) is 14.5. The van der Waals surface area contributed by atoms with E-state index in [1.165, 1.54) is 18.4 Å². The number of rotatable bonds is 5. The van der Waals surface area contributed by atoms with Crippen LogP contribution in [0.5, 0.6) is 0 Å². The highest BCUT2D eigenvalue weighted by atomic mass is 31.0. The molecule has 0 aliphatic carbocycles. The van der Waals surface area contributed by atoms with Gasteiger partial charge in [-0.05, 0) is 54.7 Å². The molecule has 1 unspecified atom stereocenters. The van der Waals surface area contributed by atoms with Gasteiger partial charge in [0.15, 0.2) is 0 Å². The molecule has 2 nitrogen and oxygen atoms in total. The van der Waals surface area contributed by atoms with Gasteiger partial charge in [0.2, 0.25) is 0 Å². The number of aryl methyl sites for hydroxylation is 1. The van der Waals surface area contributed by atoms with E-state index >= 15 is 0 Å². The molecular formula is C16H25FNOP. The summed E-state index contributed by atoms with van der Waals surface area (Å²) in [6.07, 6.45) is 5.07. The van der Waals surface area contributed by atoms with Gasteiger partial charge in [0.05, 0.1) is 6.61 Å². The van der Waals surface area contributed by atoms with Crippen molar-refractivity contribution in [2.24, 2.45) is 0 Å². The van der Waals surface area contributed by atoms with Crippen LogP contribution >= 0.6 is 9.24 Å². The van der Waals surface area contributed by atoms with Crippen molar-refractivity contribution in [3.8, 4) is 0 Å². The first-order valence-corrected chi connectivity index (χ1v) is 8.15. The lowest BCUT2D eigenvalue weighted by molar-refractivity contribution is 0.0912. The average molecular weight is 297 g/mol. The molecule has 4 heteroatoms. The maximum atomic E-state index is 14.0. The summed E-state index contributed by atoms with van der Waals surface area (Å²) < 4.78 is 14.0. The molecule has 2 rings (SSSR count). The summed E-state index contributed by atoms with van der Waals surface area (Å²) in [5, 5.41) is 10.4. The lowest BCUT2D eigenvalue weighted by atomic mass is 10.0. The van der Waals surface area contributed by atoms with E-state index in [2.05, 4.69) is 21.1 Å². The Balaban J connectivity index is 2.06. The number of hydrogen-bond donors (Lipinski definition) is 1. The van der Waals surface area contributed by atoms with E-state index in [1.807, 2.05) is 6.07 Å². The molecule has 20 heavy (non-hydrogen) atoms. The molecule has 0 aromatic heterocycles. The van der Waals surface area contributed by atoms with Crippen molar-refractivity contribution in [2.45, 2.75) is 45.1 Å². The molecule has 1 N–H and O–H groups in total. The van der Waals surface area contributed by atoms with Crippen LogP contribution in [0.1, 0.15) is 37.3 Å². The van der Waals surface area contributed by atoms with E-state index in [4.69, 9.17) is 0 Å². The lowest BCUT2D eigenvalue weighted by Gasteiger charge is -2.34. The van der Waals surface area contributed by atoms with Gasteiger partial charge in [0.1, 0.15) is 5.82 Å². The van der Waals surface area contributed by atoms with Crippen LogP contribution in [0.4, 0.5) is 4.39 Å². The zero-order valence-corrected chi connectivity index (χ0v) is 13.4. The summed E-state index contributed by atoms with van der Waals surface area (Å²) in [5.41, 5.74) is 2.01. The highest BCUT2D eigenvalue weighted by Crippen LogP contribution is 2.19. The van der Waals surface area contributed by atoms with Crippen molar-refractivity contribution in [3.63, 3.8) is 0 Å². The third kappa shape index (κ3) is 3.58. The quantitative estimate of drug-likeness (QED) is 0.843. The summed E-state index contributed by atoms with van der Waals surface area (Å²) in [7, 11) is 2.70. The summed E-state index contributed by atoms with van der Waals surface area (Å²) in [4.78, 5) is 2.31. The summed E-state index contributed by atoms with van der Waals surface area (Å²) in [6.45, 7) is 4.16. The zero-order valence-electron chi connectivity index (χ0n) is 12.2. The second kappa shape index (κ2) is 7.49. The van der Waals surface area contributed by atoms with E-state index in [0.29, 0.717) is 0 Å². The van der Waals surface area contributed by atoms with Crippen molar-refractivity contribution in [3.05, 3.63) is 29.1 Å². The van der Waals surface area contributed by atoms with Crippen LogP contribution in [0.3, 0.4) is 0 Å². The Kier molecular flexibility index (Phi) is 5.95. The van der Waals surface area contributed by atoms with Crippen molar-refractivity contribution < 1.29 is 9.50 Å². The highest BCUT2D eigenvalue weighted by molar-refractivity contribution is 7.27.